The first-order chi connectivity index (χ1) is 18.2. The lowest BCUT2D eigenvalue weighted by molar-refractivity contribution is -0.144. The highest BCUT2D eigenvalue weighted by Crippen LogP contribution is 2.38. The van der Waals surface area contributed by atoms with Crippen LogP contribution in [-0.4, -0.2) is 46.0 Å². The van der Waals surface area contributed by atoms with Gasteiger partial charge in [-0.25, -0.2) is 8.78 Å². The van der Waals surface area contributed by atoms with Crippen molar-refractivity contribution in [3.63, 3.8) is 0 Å². The lowest BCUT2D eigenvalue weighted by Gasteiger charge is -2.42. The maximum Gasteiger partial charge on any atom is 0.289 e. The van der Waals surface area contributed by atoms with Crippen molar-refractivity contribution in [2.24, 2.45) is 5.92 Å². The van der Waals surface area contributed by atoms with Crippen LogP contribution in [0.5, 0.6) is 0 Å². The summed E-state index contributed by atoms with van der Waals surface area (Å²) in [6.07, 6.45) is 2.75. The van der Waals surface area contributed by atoms with E-state index >= 15 is 0 Å². The van der Waals surface area contributed by atoms with E-state index in [1.54, 1.807) is 48.7 Å². The van der Waals surface area contributed by atoms with Crippen molar-refractivity contribution in [3.8, 4) is 0 Å². The fourth-order valence-electron chi connectivity index (χ4n) is 4.95. The zero-order valence-corrected chi connectivity index (χ0v) is 21.1. The number of benzene rings is 1. The Labute approximate surface area is 220 Å². The average Bonchev–Trinajstić information content (AvgIpc) is 2.89. The van der Waals surface area contributed by atoms with Crippen LogP contribution in [0.1, 0.15) is 56.2 Å². The van der Waals surface area contributed by atoms with Gasteiger partial charge in [0.1, 0.15) is 11.6 Å². The normalized spacial score (nSPS) is 20.3. The molecule has 2 aromatic rings. The third-order valence-corrected chi connectivity index (χ3v) is 7.30. The predicted molar refractivity (Wildman–Crippen MR) is 135 cm³/mol. The Kier molecular flexibility index (Phi) is 8.48. The van der Waals surface area contributed by atoms with Crippen molar-refractivity contribution >= 4 is 23.5 Å². The van der Waals surface area contributed by atoms with E-state index < -0.39 is 53.3 Å². The molecule has 1 unspecified atom stereocenters. The number of nitrogens with zero attached hydrogens (tertiary/aromatic N) is 1. The van der Waals surface area contributed by atoms with Crippen LogP contribution in [0.25, 0.3) is 0 Å². The zero-order valence-electron chi connectivity index (χ0n) is 21.1. The minimum absolute atomic E-state index is 0.0451. The fourth-order valence-corrected chi connectivity index (χ4v) is 4.95. The van der Waals surface area contributed by atoms with E-state index in [0.29, 0.717) is 31.4 Å². The van der Waals surface area contributed by atoms with Crippen LogP contribution < -0.4 is 16.0 Å². The number of rotatable bonds is 10. The Morgan fingerprint density at radius 2 is 1.71 bits per heavy atom. The zero-order chi connectivity index (χ0) is 27.2. The molecular formula is C28H32F2N4O4. The number of nitrogens with one attached hydrogen (secondary N) is 3. The number of aromatic nitrogens is 1. The van der Waals surface area contributed by atoms with Crippen LogP contribution in [0.4, 0.5) is 8.78 Å². The molecule has 0 bridgehead atoms. The molecule has 3 amide bonds. The summed E-state index contributed by atoms with van der Waals surface area (Å²) in [5.74, 6) is -6.63. The lowest BCUT2D eigenvalue weighted by Crippen LogP contribution is -2.66. The molecule has 2 fully saturated rings. The summed E-state index contributed by atoms with van der Waals surface area (Å²) in [7, 11) is 0. The number of carbonyl (C=O) groups is 4. The van der Waals surface area contributed by atoms with Crippen molar-refractivity contribution in [1.29, 1.82) is 0 Å². The number of hydrogen-bond donors (Lipinski definition) is 3. The molecule has 2 aliphatic rings. The van der Waals surface area contributed by atoms with E-state index in [1.807, 2.05) is 6.07 Å². The fraction of sp³-hybridized carbons (Fsp3) is 0.464. The van der Waals surface area contributed by atoms with E-state index in [1.165, 1.54) is 0 Å². The second kappa shape index (κ2) is 11.8. The molecule has 3 N–H and O–H groups in total. The topological polar surface area (TPSA) is 117 Å². The highest BCUT2D eigenvalue weighted by atomic mass is 19.3. The van der Waals surface area contributed by atoms with Crippen LogP contribution in [0.3, 0.4) is 0 Å². The van der Waals surface area contributed by atoms with Crippen LogP contribution in [0, 0.1) is 5.92 Å². The summed E-state index contributed by atoms with van der Waals surface area (Å²) in [6, 6.07) is 13.0. The van der Waals surface area contributed by atoms with E-state index in [4.69, 9.17) is 0 Å². The highest BCUT2D eigenvalue weighted by Gasteiger charge is 2.49. The summed E-state index contributed by atoms with van der Waals surface area (Å²) in [5, 5.41) is 7.95. The third-order valence-electron chi connectivity index (χ3n) is 7.30. The SMILES string of the molecule is O=C(NCc1ccccn1)C(=O)[C@@H](Cc1ccccc1)NC(=O)C1(NC(=O)C2CCCC(F)(F)C2)CCC1. The molecule has 2 atom stereocenters. The van der Waals surface area contributed by atoms with Gasteiger partial charge in [0.25, 0.3) is 5.91 Å². The molecule has 4 rings (SSSR count). The minimum Gasteiger partial charge on any atom is -0.344 e. The summed E-state index contributed by atoms with van der Waals surface area (Å²) in [6.45, 7) is 0.0451. The summed E-state index contributed by atoms with van der Waals surface area (Å²) in [4.78, 5) is 56.3. The van der Waals surface area contributed by atoms with Gasteiger partial charge < -0.3 is 16.0 Å². The Hall–Kier alpha value is -3.69. The molecule has 2 aliphatic carbocycles. The van der Waals surface area contributed by atoms with E-state index in [-0.39, 0.29) is 25.8 Å². The lowest BCUT2D eigenvalue weighted by atomic mass is 9.74. The molecule has 0 saturated heterocycles. The standard InChI is InChI=1S/C28H32F2N4O4/c29-28(30)14-6-10-20(17-28)24(36)34-27(12-7-13-27)26(38)33-22(16-19-8-2-1-3-9-19)23(35)25(37)32-18-21-11-4-5-15-31-21/h1-5,8-9,11,15,20,22H,6-7,10,12-14,16-18H2,(H,32,37)(H,33,38)(H,34,36)/t20?,22-/m1/s1. The molecule has 202 valence electrons. The van der Waals surface area contributed by atoms with Gasteiger partial charge >= 0.3 is 0 Å². The van der Waals surface area contributed by atoms with Gasteiger partial charge in [-0.15, -0.1) is 0 Å². The van der Waals surface area contributed by atoms with Gasteiger partial charge in [0, 0.05) is 31.4 Å². The van der Waals surface area contributed by atoms with Gasteiger partial charge in [-0.3, -0.25) is 24.2 Å². The molecule has 2 saturated carbocycles. The first kappa shape index (κ1) is 27.3. The number of pyridine rings is 1. The average molecular weight is 527 g/mol. The number of ketones is 1. The van der Waals surface area contributed by atoms with Gasteiger partial charge in [-0.2, -0.15) is 0 Å². The van der Waals surface area contributed by atoms with E-state index in [0.717, 1.165) is 5.56 Å². The molecular weight excluding hydrogens is 494 g/mol. The van der Waals surface area contributed by atoms with Crippen molar-refractivity contribution in [2.45, 2.75) is 75.4 Å². The number of alkyl halides is 2. The molecule has 0 spiro atoms. The summed E-state index contributed by atoms with van der Waals surface area (Å²) in [5.41, 5.74) is 0.0187. The number of amides is 3. The quantitative estimate of drug-likeness (QED) is 0.412. The van der Waals surface area contributed by atoms with Gasteiger partial charge in [0.05, 0.1) is 12.2 Å². The third kappa shape index (κ3) is 6.79. The number of halogens is 2. The van der Waals surface area contributed by atoms with Gasteiger partial charge in [0.15, 0.2) is 0 Å². The Balaban J connectivity index is 1.45. The first-order valence-corrected chi connectivity index (χ1v) is 12.9. The van der Waals surface area contributed by atoms with Crippen LogP contribution in [0.2, 0.25) is 0 Å². The van der Waals surface area contributed by atoms with Crippen LogP contribution in [-0.2, 0) is 32.1 Å². The van der Waals surface area contributed by atoms with Crippen LogP contribution >= 0.6 is 0 Å². The van der Waals surface area contributed by atoms with Crippen molar-refractivity contribution in [3.05, 3.63) is 66.0 Å². The largest absolute Gasteiger partial charge is 0.344 e. The Morgan fingerprint density at radius 1 is 0.974 bits per heavy atom. The molecule has 1 heterocycles. The molecule has 38 heavy (non-hydrogen) atoms. The molecule has 0 aliphatic heterocycles. The Bertz CT molecular complexity index is 1160. The number of hydrogen-bond acceptors (Lipinski definition) is 5. The van der Waals surface area contributed by atoms with Gasteiger partial charge in [-0.05, 0) is 49.8 Å². The van der Waals surface area contributed by atoms with Gasteiger partial charge in [-0.1, -0.05) is 36.4 Å². The summed E-state index contributed by atoms with van der Waals surface area (Å²) >= 11 is 0. The molecule has 10 heteroatoms. The minimum atomic E-state index is -2.90. The van der Waals surface area contributed by atoms with Crippen molar-refractivity contribution < 1.29 is 28.0 Å². The maximum absolute atomic E-state index is 13.9. The van der Waals surface area contributed by atoms with Gasteiger partial charge in [0.2, 0.25) is 23.5 Å². The van der Waals surface area contributed by atoms with Crippen LogP contribution in [0.15, 0.2) is 54.7 Å². The number of Topliss-reactive ketones (excluding diaryl/α,β-unsaturated/α-hetero) is 1. The highest BCUT2D eigenvalue weighted by molar-refractivity contribution is 6.38. The molecule has 1 aromatic carbocycles. The monoisotopic (exact) mass is 526 g/mol. The van der Waals surface area contributed by atoms with E-state index in [9.17, 15) is 28.0 Å². The second-order valence-corrected chi connectivity index (χ2v) is 10.2. The number of carbonyl (C=O) groups excluding carboxylic acids is 4. The smallest absolute Gasteiger partial charge is 0.289 e. The molecule has 0 radical (unpaired) electrons. The second-order valence-electron chi connectivity index (χ2n) is 10.2. The Morgan fingerprint density at radius 3 is 2.34 bits per heavy atom. The van der Waals surface area contributed by atoms with Crippen molar-refractivity contribution in [2.75, 3.05) is 0 Å². The maximum atomic E-state index is 13.9. The predicted octanol–water partition coefficient (Wildman–Crippen LogP) is 2.86. The molecule has 8 nitrogen and oxygen atoms in total. The van der Waals surface area contributed by atoms with E-state index in [2.05, 4.69) is 20.9 Å². The molecule has 1 aromatic heterocycles. The first-order valence-electron chi connectivity index (χ1n) is 12.9. The summed E-state index contributed by atoms with van der Waals surface area (Å²) < 4.78 is 27.8. The van der Waals surface area contributed by atoms with Crippen molar-refractivity contribution in [1.82, 2.24) is 20.9 Å².